The van der Waals surface area contributed by atoms with Crippen LogP contribution in [0.4, 0.5) is 10.1 Å². The topological polar surface area (TPSA) is 196 Å². The van der Waals surface area contributed by atoms with Gasteiger partial charge in [0.15, 0.2) is 12.2 Å². The van der Waals surface area contributed by atoms with Crippen molar-refractivity contribution in [3.05, 3.63) is 29.6 Å². The Labute approximate surface area is 211 Å². The number of rotatable bonds is 9. The molecule has 12 nitrogen and oxygen atoms in total. The van der Waals surface area contributed by atoms with Gasteiger partial charge in [0, 0.05) is 24.5 Å². The smallest absolute Gasteiger partial charge is 0.345 e. The fourth-order valence-corrected chi connectivity index (χ4v) is 4.15. The number of carbonyl (C=O) groups is 3. The van der Waals surface area contributed by atoms with Crippen LogP contribution < -0.4 is 15.8 Å². The minimum absolute atomic E-state index is 0.0741. The molecule has 0 saturated carbocycles. The maximum absolute atomic E-state index is 14.5. The van der Waals surface area contributed by atoms with Crippen molar-refractivity contribution in [1.82, 2.24) is 15.2 Å². The molecule has 202 valence electrons. The largest absolute Gasteiger partial charge is 0.479 e. The summed E-state index contributed by atoms with van der Waals surface area (Å²) in [4.78, 5) is 41.9. The van der Waals surface area contributed by atoms with Gasteiger partial charge in [0.2, 0.25) is 5.88 Å². The van der Waals surface area contributed by atoms with E-state index in [0.717, 1.165) is 38.1 Å². The number of carboxylic acid groups (broad SMARTS) is 1. The van der Waals surface area contributed by atoms with Gasteiger partial charge in [0.25, 0.3) is 5.91 Å². The molecule has 3 rings (SSSR count). The maximum atomic E-state index is 14.5. The van der Waals surface area contributed by atoms with E-state index in [2.05, 4.69) is 15.2 Å². The van der Waals surface area contributed by atoms with Crippen molar-refractivity contribution in [1.29, 1.82) is 0 Å². The highest BCUT2D eigenvalue weighted by molar-refractivity contribution is 6.08. The molecule has 1 aromatic carbocycles. The summed E-state index contributed by atoms with van der Waals surface area (Å²) < 4.78 is 19.3. The number of amides is 1. The second-order valence-electron chi connectivity index (χ2n) is 9.76. The lowest BCUT2D eigenvalue weighted by Crippen LogP contribution is -2.44. The first-order chi connectivity index (χ1) is 17.3. The van der Waals surface area contributed by atoms with Gasteiger partial charge < -0.3 is 41.1 Å². The number of carbonyl (C=O) groups excluding carboxylic acids is 2. The van der Waals surface area contributed by atoms with Crippen LogP contribution >= 0.6 is 0 Å². The number of benzene rings is 1. The molecule has 0 spiro atoms. The Hall–Kier alpha value is -3.39. The SMILES string of the molecule is CC(C)(O)CN1CCC(CNC(=O)c2cc(F)c(N)c3ccc(OC(=O)C(O)C(O)C(=O)O)nc23)CC1. The van der Waals surface area contributed by atoms with Gasteiger partial charge in [-0.25, -0.2) is 19.0 Å². The number of piperidine rings is 1. The van der Waals surface area contributed by atoms with E-state index < -0.39 is 47.4 Å². The summed E-state index contributed by atoms with van der Waals surface area (Å²) in [6.45, 7) is 5.91. The van der Waals surface area contributed by atoms with Crippen LogP contribution in [0.3, 0.4) is 0 Å². The molecule has 0 bridgehead atoms. The van der Waals surface area contributed by atoms with Gasteiger partial charge in [0.05, 0.1) is 22.4 Å². The number of fused-ring (bicyclic) bond motifs is 1. The number of hydrogen-bond acceptors (Lipinski definition) is 10. The lowest BCUT2D eigenvalue weighted by Gasteiger charge is -2.35. The van der Waals surface area contributed by atoms with Crippen molar-refractivity contribution in [3.63, 3.8) is 0 Å². The van der Waals surface area contributed by atoms with Crippen molar-refractivity contribution in [3.8, 4) is 5.88 Å². The number of esters is 1. The van der Waals surface area contributed by atoms with Gasteiger partial charge in [-0.2, -0.15) is 0 Å². The molecule has 1 aromatic heterocycles. The number of nitrogen functional groups attached to an aromatic ring is 1. The van der Waals surface area contributed by atoms with Crippen molar-refractivity contribution < 1.29 is 43.9 Å². The zero-order valence-electron chi connectivity index (χ0n) is 20.5. The van der Waals surface area contributed by atoms with Crippen LogP contribution in [-0.4, -0.2) is 92.1 Å². The van der Waals surface area contributed by atoms with E-state index in [1.165, 1.54) is 6.07 Å². The molecule has 1 aliphatic heterocycles. The molecule has 2 heterocycles. The number of pyridine rings is 1. The van der Waals surface area contributed by atoms with E-state index in [1.807, 2.05) is 0 Å². The number of nitrogens with two attached hydrogens (primary N) is 1. The summed E-state index contributed by atoms with van der Waals surface area (Å²) in [5.74, 6) is -5.03. The summed E-state index contributed by atoms with van der Waals surface area (Å²) in [5, 5.41) is 40.5. The van der Waals surface area contributed by atoms with Gasteiger partial charge in [0.1, 0.15) is 5.82 Å². The number of ether oxygens (including phenoxy) is 1. The number of β-amino-alcohol motifs (C(OH)–C–C–N with tert-alkyl or cyclic N) is 1. The fraction of sp³-hybridized carbons (Fsp3) is 0.500. The minimum atomic E-state index is -2.42. The van der Waals surface area contributed by atoms with Crippen LogP contribution in [0.5, 0.6) is 5.88 Å². The van der Waals surface area contributed by atoms with Crippen molar-refractivity contribution in [2.75, 3.05) is 31.9 Å². The molecule has 1 saturated heterocycles. The molecule has 1 aliphatic rings. The molecule has 1 fully saturated rings. The summed E-state index contributed by atoms with van der Waals surface area (Å²) >= 11 is 0. The second-order valence-corrected chi connectivity index (χ2v) is 9.76. The molecule has 2 unspecified atom stereocenters. The average molecular weight is 523 g/mol. The predicted molar refractivity (Wildman–Crippen MR) is 129 cm³/mol. The van der Waals surface area contributed by atoms with Crippen LogP contribution in [0.2, 0.25) is 0 Å². The molecule has 1 amide bonds. The molecular formula is C24H31FN4O8. The third-order valence-electron chi connectivity index (χ3n) is 6.06. The normalized spacial score (nSPS) is 16.8. The van der Waals surface area contributed by atoms with Gasteiger partial charge in [-0.05, 0) is 57.8 Å². The van der Waals surface area contributed by atoms with Crippen LogP contribution in [0.1, 0.15) is 37.0 Å². The Kier molecular flexibility index (Phi) is 8.64. The molecule has 0 aliphatic carbocycles. The number of nitrogens with one attached hydrogen (secondary N) is 1. The lowest BCUT2D eigenvalue weighted by atomic mass is 9.95. The maximum Gasteiger partial charge on any atom is 0.345 e. The molecule has 13 heteroatoms. The molecule has 37 heavy (non-hydrogen) atoms. The quantitative estimate of drug-likeness (QED) is 0.190. The first-order valence-corrected chi connectivity index (χ1v) is 11.7. The summed E-state index contributed by atoms with van der Waals surface area (Å²) in [5.41, 5.74) is 4.48. The number of aliphatic hydroxyl groups is 3. The zero-order chi connectivity index (χ0) is 27.5. The summed E-state index contributed by atoms with van der Waals surface area (Å²) in [6.07, 6.45) is -3.20. The number of carboxylic acids is 1. The number of aliphatic carboxylic acids is 1. The van der Waals surface area contributed by atoms with Crippen LogP contribution in [0.25, 0.3) is 10.9 Å². The Morgan fingerprint density at radius 1 is 1.24 bits per heavy atom. The van der Waals surface area contributed by atoms with Gasteiger partial charge in [-0.1, -0.05) is 0 Å². The molecule has 0 radical (unpaired) electrons. The van der Waals surface area contributed by atoms with Crippen molar-refractivity contribution in [2.24, 2.45) is 5.92 Å². The van der Waals surface area contributed by atoms with E-state index in [0.29, 0.717) is 13.1 Å². The van der Waals surface area contributed by atoms with Crippen molar-refractivity contribution >= 4 is 34.4 Å². The number of anilines is 1. The number of aromatic nitrogens is 1. The predicted octanol–water partition coefficient (Wildman–Crippen LogP) is -0.119. The van der Waals surface area contributed by atoms with E-state index in [-0.39, 0.29) is 28.1 Å². The second kappa shape index (κ2) is 11.3. The summed E-state index contributed by atoms with van der Waals surface area (Å²) in [6, 6.07) is 3.30. The number of likely N-dealkylation sites (tertiary alicyclic amines) is 1. The summed E-state index contributed by atoms with van der Waals surface area (Å²) in [7, 11) is 0. The Bertz CT molecular complexity index is 1180. The van der Waals surface area contributed by atoms with Gasteiger partial charge in [-0.3, -0.25) is 4.79 Å². The van der Waals surface area contributed by atoms with E-state index >= 15 is 0 Å². The molecule has 2 atom stereocenters. The number of aliphatic hydroxyl groups excluding tert-OH is 2. The van der Waals surface area contributed by atoms with Gasteiger partial charge in [-0.15, -0.1) is 0 Å². The third kappa shape index (κ3) is 7.10. The zero-order valence-corrected chi connectivity index (χ0v) is 20.5. The molecule has 2 aromatic rings. The van der Waals surface area contributed by atoms with Crippen LogP contribution in [0, 0.1) is 11.7 Å². The fourth-order valence-electron chi connectivity index (χ4n) is 4.15. The number of hydrogen-bond donors (Lipinski definition) is 6. The van der Waals surface area contributed by atoms with Crippen LogP contribution in [0.15, 0.2) is 18.2 Å². The third-order valence-corrected chi connectivity index (χ3v) is 6.06. The monoisotopic (exact) mass is 522 g/mol. The number of halogens is 1. The van der Waals surface area contributed by atoms with Crippen molar-refractivity contribution in [2.45, 2.75) is 44.5 Å². The lowest BCUT2D eigenvalue weighted by molar-refractivity contribution is -0.164. The highest BCUT2D eigenvalue weighted by Crippen LogP contribution is 2.29. The standard InChI is InChI=1S/C24H31FN4O8/c1-24(2,36)11-29-7-5-12(6-8-29)10-27-21(32)14-9-15(25)17(26)13-3-4-16(28-18(13)14)37-23(35)20(31)19(30)22(33)34/h3-4,9,12,19-20,30-31,36H,5-8,10-11,26H2,1-2H3,(H,27,32)(H,33,34). The average Bonchev–Trinajstić information content (AvgIpc) is 2.83. The van der Waals surface area contributed by atoms with Gasteiger partial charge >= 0.3 is 11.9 Å². The molecule has 7 N–H and O–H groups in total. The highest BCUT2D eigenvalue weighted by atomic mass is 19.1. The van der Waals surface area contributed by atoms with E-state index in [4.69, 9.17) is 15.6 Å². The van der Waals surface area contributed by atoms with Crippen LogP contribution in [-0.2, 0) is 9.59 Å². The Balaban J connectivity index is 1.73. The first kappa shape index (κ1) is 28.2. The Morgan fingerprint density at radius 3 is 2.49 bits per heavy atom. The number of nitrogens with zero attached hydrogens (tertiary/aromatic N) is 2. The highest BCUT2D eigenvalue weighted by Gasteiger charge is 2.32. The molecular weight excluding hydrogens is 491 g/mol. The Morgan fingerprint density at radius 2 is 1.89 bits per heavy atom. The first-order valence-electron chi connectivity index (χ1n) is 11.7. The minimum Gasteiger partial charge on any atom is -0.479 e. The van der Waals surface area contributed by atoms with E-state index in [9.17, 15) is 34.1 Å². The van der Waals surface area contributed by atoms with E-state index in [1.54, 1.807) is 13.8 Å².